The average Bonchev–Trinajstić information content (AvgIpc) is 3.19. The number of carbonyl (C=O) groups excluding carboxylic acids is 1. The van der Waals surface area contributed by atoms with Crippen LogP contribution in [0.25, 0.3) is 22.4 Å². The van der Waals surface area contributed by atoms with E-state index in [9.17, 15) is 4.79 Å². The topological polar surface area (TPSA) is 86.3 Å². The van der Waals surface area contributed by atoms with E-state index < -0.39 is 5.60 Å². The van der Waals surface area contributed by atoms with Gasteiger partial charge in [0.05, 0.1) is 6.04 Å². The summed E-state index contributed by atoms with van der Waals surface area (Å²) in [7, 11) is 0. The minimum atomic E-state index is -0.484. The number of rotatable bonds is 3. The summed E-state index contributed by atoms with van der Waals surface area (Å²) < 4.78 is 7.56. The van der Waals surface area contributed by atoms with Gasteiger partial charge in [-0.05, 0) is 63.4 Å². The van der Waals surface area contributed by atoms with E-state index in [-0.39, 0.29) is 12.1 Å². The summed E-state index contributed by atoms with van der Waals surface area (Å²) in [5.74, 6) is 0. The van der Waals surface area contributed by atoms with Crippen LogP contribution in [0, 0.1) is 0 Å². The molecule has 3 aromatic rings. The Morgan fingerprint density at radius 2 is 1.81 bits per heavy atom. The molecule has 162 valence electrons. The number of aromatic nitrogens is 3. The molecule has 2 aromatic heterocycles. The van der Waals surface area contributed by atoms with Gasteiger partial charge in [-0.25, -0.2) is 4.79 Å². The minimum absolute atomic E-state index is 0.217. The Bertz CT molecular complexity index is 1050. The summed E-state index contributed by atoms with van der Waals surface area (Å²) in [5.41, 5.74) is 10.2. The molecule has 1 fully saturated rings. The van der Waals surface area contributed by atoms with Crippen molar-refractivity contribution in [3.05, 3.63) is 55.0 Å². The van der Waals surface area contributed by atoms with E-state index >= 15 is 0 Å². The van der Waals surface area contributed by atoms with Gasteiger partial charge in [0.25, 0.3) is 0 Å². The van der Waals surface area contributed by atoms with Gasteiger partial charge in [0.1, 0.15) is 11.3 Å². The van der Waals surface area contributed by atoms with Crippen LogP contribution in [0.15, 0.2) is 55.0 Å². The lowest BCUT2D eigenvalue weighted by molar-refractivity contribution is 0.0185. The van der Waals surface area contributed by atoms with Crippen molar-refractivity contribution in [1.82, 2.24) is 19.7 Å². The van der Waals surface area contributed by atoms with E-state index in [2.05, 4.69) is 11.2 Å². The summed E-state index contributed by atoms with van der Waals surface area (Å²) in [6.45, 7) is 6.97. The zero-order valence-corrected chi connectivity index (χ0v) is 18.3. The van der Waals surface area contributed by atoms with Crippen LogP contribution in [0.1, 0.15) is 39.7 Å². The lowest BCUT2D eigenvalue weighted by Gasteiger charge is -2.33. The number of hydrogen-bond donors (Lipinski definition) is 1. The predicted molar refractivity (Wildman–Crippen MR) is 121 cm³/mol. The van der Waals surface area contributed by atoms with Gasteiger partial charge in [-0.2, -0.15) is 5.10 Å². The maximum Gasteiger partial charge on any atom is 0.410 e. The highest BCUT2D eigenvalue weighted by Gasteiger charge is 2.28. The largest absolute Gasteiger partial charge is 0.444 e. The van der Waals surface area contributed by atoms with Crippen LogP contribution in [0.4, 0.5) is 10.5 Å². The van der Waals surface area contributed by atoms with Crippen LogP contribution in [0.3, 0.4) is 0 Å². The molecule has 1 amide bonds. The molecule has 0 bridgehead atoms. The van der Waals surface area contributed by atoms with Crippen molar-refractivity contribution in [2.24, 2.45) is 0 Å². The van der Waals surface area contributed by atoms with E-state index in [0.29, 0.717) is 18.8 Å². The zero-order valence-electron chi connectivity index (χ0n) is 18.3. The molecule has 0 aliphatic carbocycles. The molecule has 1 aliphatic rings. The van der Waals surface area contributed by atoms with E-state index in [0.717, 1.165) is 35.2 Å². The molecule has 31 heavy (non-hydrogen) atoms. The SMILES string of the molecule is CC(C)(C)OC(=O)N1CCC(n2cc(-c3ccncc3)c(-c3cccc(N)c3)n2)CC1. The summed E-state index contributed by atoms with van der Waals surface area (Å²) in [5, 5.41) is 4.96. The molecule has 2 N–H and O–H groups in total. The van der Waals surface area contributed by atoms with Crippen molar-refractivity contribution < 1.29 is 9.53 Å². The fourth-order valence-corrected chi connectivity index (χ4v) is 3.86. The fourth-order valence-electron chi connectivity index (χ4n) is 3.86. The molecule has 3 heterocycles. The molecule has 7 heteroatoms. The number of anilines is 1. The average molecular weight is 420 g/mol. The van der Waals surface area contributed by atoms with Gasteiger partial charge < -0.3 is 15.4 Å². The van der Waals surface area contributed by atoms with Crippen molar-refractivity contribution in [2.75, 3.05) is 18.8 Å². The second kappa shape index (κ2) is 8.41. The highest BCUT2D eigenvalue weighted by atomic mass is 16.6. The molecule has 0 atom stereocenters. The Balaban J connectivity index is 1.58. The normalized spacial score (nSPS) is 15.1. The number of amides is 1. The van der Waals surface area contributed by atoms with E-state index in [1.165, 1.54) is 0 Å². The molecular weight excluding hydrogens is 390 g/mol. The monoisotopic (exact) mass is 419 g/mol. The second-order valence-corrected chi connectivity index (χ2v) is 8.93. The molecular formula is C24H29N5O2. The summed E-state index contributed by atoms with van der Waals surface area (Å²) in [6.07, 6.45) is 7.08. The molecule has 1 aromatic carbocycles. The number of piperidine rings is 1. The second-order valence-electron chi connectivity index (χ2n) is 8.93. The molecule has 1 aliphatic heterocycles. The Morgan fingerprint density at radius 1 is 1.10 bits per heavy atom. The third-order valence-corrected chi connectivity index (χ3v) is 5.37. The van der Waals surface area contributed by atoms with Crippen LogP contribution < -0.4 is 5.73 Å². The maximum atomic E-state index is 12.4. The number of nitrogens with two attached hydrogens (primary N) is 1. The van der Waals surface area contributed by atoms with Gasteiger partial charge in [0.15, 0.2) is 0 Å². The number of benzene rings is 1. The highest BCUT2D eigenvalue weighted by molar-refractivity contribution is 5.81. The van der Waals surface area contributed by atoms with Gasteiger partial charge >= 0.3 is 6.09 Å². The number of ether oxygens (including phenoxy) is 1. The first-order valence-electron chi connectivity index (χ1n) is 10.6. The van der Waals surface area contributed by atoms with Gasteiger partial charge in [-0.3, -0.25) is 9.67 Å². The van der Waals surface area contributed by atoms with Crippen molar-refractivity contribution in [2.45, 2.75) is 45.3 Å². The van der Waals surface area contributed by atoms with Crippen molar-refractivity contribution in [1.29, 1.82) is 0 Å². The summed E-state index contributed by atoms with van der Waals surface area (Å²) in [6, 6.07) is 12.0. The van der Waals surface area contributed by atoms with Crippen LogP contribution in [0.2, 0.25) is 0 Å². The number of nitrogens with zero attached hydrogens (tertiary/aromatic N) is 4. The molecule has 7 nitrogen and oxygen atoms in total. The van der Waals surface area contributed by atoms with Crippen molar-refractivity contribution >= 4 is 11.8 Å². The van der Waals surface area contributed by atoms with Crippen LogP contribution >= 0.6 is 0 Å². The van der Waals surface area contributed by atoms with Gasteiger partial charge in [-0.15, -0.1) is 0 Å². The van der Waals surface area contributed by atoms with Gasteiger partial charge in [0, 0.05) is 48.5 Å². The smallest absolute Gasteiger partial charge is 0.410 e. The number of hydrogen-bond acceptors (Lipinski definition) is 5. The van der Waals surface area contributed by atoms with Crippen molar-refractivity contribution in [3.63, 3.8) is 0 Å². The standard InChI is InChI=1S/C24H29N5O2/c1-24(2,3)31-23(30)28-13-9-20(10-14-28)29-16-21(17-7-11-26-12-8-17)22(27-29)18-5-4-6-19(25)15-18/h4-8,11-12,15-16,20H,9-10,13-14,25H2,1-3H3. The Kier molecular flexibility index (Phi) is 5.67. The first-order valence-corrected chi connectivity index (χ1v) is 10.6. The van der Waals surface area contributed by atoms with Crippen LogP contribution in [-0.4, -0.2) is 44.4 Å². The molecule has 4 rings (SSSR count). The summed E-state index contributed by atoms with van der Waals surface area (Å²) in [4.78, 5) is 18.3. The zero-order chi connectivity index (χ0) is 22.0. The number of likely N-dealkylation sites (tertiary alicyclic amines) is 1. The fraction of sp³-hybridized carbons (Fsp3) is 0.375. The Morgan fingerprint density at radius 3 is 2.45 bits per heavy atom. The predicted octanol–water partition coefficient (Wildman–Crippen LogP) is 4.77. The van der Waals surface area contributed by atoms with E-state index in [1.807, 2.05) is 61.9 Å². The Labute approximate surface area is 182 Å². The number of nitrogen functional groups attached to an aromatic ring is 1. The molecule has 0 unspecified atom stereocenters. The first kappa shape index (κ1) is 20.9. The highest BCUT2D eigenvalue weighted by Crippen LogP contribution is 2.34. The van der Waals surface area contributed by atoms with E-state index in [1.54, 1.807) is 17.3 Å². The lowest BCUT2D eigenvalue weighted by atomic mass is 10.0. The maximum absolute atomic E-state index is 12.4. The Hall–Kier alpha value is -3.35. The molecule has 0 saturated carbocycles. The van der Waals surface area contributed by atoms with Crippen LogP contribution in [-0.2, 0) is 4.74 Å². The van der Waals surface area contributed by atoms with Crippen LogP contribution in [0.5, 0.6) is 0 Å². The third-order valence-electron chi connectivity index (χ3n) is 5.37. The molecule has 0 spiro atoms. The first-order chi connectivity index (χ1) is 14.8. The number of carbonyl (C=O) groups is 1. The lowest BCUT2D eigenvalue weighted by Crippen LogP contribution is -2.42. The quantitative estimate of drug-likeness (QED) is 0.618. The van der Waals surface area contributed by atoms with Gasteiger partial charge in [0.2, 0.25) is 0 Å². The van der Waals surface area contributed by atoms with Crippen molar-refractivity contribution in [3.8, 4) is 22.4 Å². The van der Waals surface area contributed by atoms with Gasteiger partial charge in [-0.1, -0.05) is 12.1 Å². The summed E-state index contributed by atoms with van der Waals surface area (Å²) >= 11 is 0. The third kappa shape index (κ3) is 4.87. The number of pyridine rings is 1. The minimum Gasteiger partial charge on any atom is -0.444 e. The molecule has 1 saturated heterocycles. The molecule has 0 radical (unpaired) electrons. The van der Waals surface area contributed by atoms with E-state index in [4.69, 9.17) is 15.6 Å².